The molecule has 110 valence electrons. The van der Waals surface area contributed by atoms with Gasteiger partial charge in [0.2, 0.25) is 0 Å². The van der Waals surface area contributed by atoms with E-state index in [-0.39, 0.29) is 12.5 Å². The minimum absolute atomic E-state index is 0.295. The number of aromatic nitrogens is 2. The maximum atomic E-state index is 12.3. The van der Waals surface area contributed by atoms with Gasteiger partial charge in [-0.25, -0.2) is 0 Å². The molecule has 0 saturated carbocycles. The van der Waals surface area contributed by atoms with Crippen LogP contribution in [0.4, 0.5) is 0 Å². The number of benzene rings is 1. The molecular formula is C15H17N3O3. The fourth-order valence-corrected chi connectivity index (χ4v) is 2.04. The standard InChI is InChI=1S/C15H17N3O3/c1-2-8-18(10-14(19)20)15(21)13-9-12(16-17-13)11-6-4-3-5-7-11/h3-7,9H,2,8,10H2,1H3,(H,16,17)(H,19,20). The number of carboxylic acids is 1. The van der Waals surface area contributed by atoms with Crippen molar-refractivity contribution in [2.24, 2.45) is 0 Å². The lowest BCUT2D eigenvalue weighted by Crippen LogP contribution is -2.36. The molecule has 0 atom stereocenters. The third kappa shape index (κ3) is 3.68. The van der Waals surface area contributed by atoms with Crippen molar-refractivity contribution in [3.63, 3.8) is 0 Å². The van der Waals surface area contributed by atoms with Crippen LogP contribution in [0.15, 0.2) is 36.4 Å². The van der Waals surface area contributed by atoms with Crippen molar-refractivity contribution < 1.29 is 14.7 Å². The highest BCUT2D eigenvalue weighted by Crippen LogP contribution is 2.17. The maximum Gasteiger partial charge on any atom is 0.323 e. The molecule has 0 saturated heterocycles. The number of nitrogens with one attached hydrogen (secondary N) is 1. The van der Waals surface area contributed by atoms with Gasteiger partial charge < -0.3 is 10.0 Å². The van der Waals surface area contributed by atoms with Crippen LogP contribution < -0.4 is 0 Å². The van der Waals surface area contributed by atoms with Crippen LogP contribution in [0, 0.1) is 0 Å². The molecule has 0 fully saturated rings. The lowest BCUT2D eigenvalue weighted by Gasteiger charge is -2.18. The molecule has 2 rings (SSSR count). The van der Waals surface area contributed by atoms with E-state index in [4.69, 9.17) is 5.11 Å². The number of aromatic amines is 1. The van der Waals surface area contributed by atoms with Crippen molar-refractivity contribution >= 4 is 11.9 Å². The Morgan fingerprint density at radius 2 is 2.00 bits per heavy atom. The van der Waals surface area contributed by atoms with Gasteiger partial charge >= 0.3 is 5.97 Å². The molecular weight excluding hydrogens is 270 g/mol. The van der Waals surface area contributed by atoms with Gasteiger partial charge in [-0.05, 0) is 12.5 Å². The van der Waals surface area contributed by atoms with E-state index in [1.54, 1.807) is 6.07 Å². The molecule has 0 radical (unpaired) electrons. The number of rotatable bonds is 6. The molecule has 0 bridgehead atoms. The number of aliphatic carboxylic acids is 1. The first-order valence-electron chi connectivity index (χ1n) is 6.73. The zero-order valence-corrected chi connectivity index (χ0v) is 11.7. The van der Waals surface area contributed by atoms with Crippen molar-refractivity contribution in [3.05, 3.63) is 42.1 Å². The van der Waals surface area contributed by atoms with E-state index >= 15 is 0 Å². The molecule has 0 aliphatic rings. The summed E-state index contributed by atoms with van der Waals surface area (Å²) in [7, 11) is 0. The van der Waals surface area contributed by atoms with Crippen molar-refractivity contribution in [2.45, 2.75) is 13.3 Å². The number of hydrogen-bond donors (Lipinski definition) is 2. The lowest BCUT2D eigenvalue weighted by molar-refractivity contribution is -0.137. The number of amides is 1. The first-order chi connectivity index (χ1) is 10.1. The molecule has 2 aromatic rings. The Bertz CT molecular complexity index is 622. The molecule has 21 heavy (non-hydrogen) atoms. The summed E-state index contributed by atoms with van der Waals surface area (Å²) in [5.74, 6) is -1.38. The number of hydrogen-bond acceptors (Lipinski definition) is 3. The summed E-state index contributed by atoms with van der Waals surface area (Å²) in [4.78, 5) is 24.4. The Kier molecular flexibility index (Phi) is 4.71. The van der Waals surface area contributed by atoms with E-state index in [0.29, 0.717) is 24.4 Å². The molecule has 6 nitrogen and oxygen atoms in total. The third-order valence-corrected chi connectivity index (χ3v) is 2.98. The lowest BCUT2D eigenvalue weighted by atomic mass is 10.1. The van der Waals surface area contributed by atoms with Gasteiger partial charge in [0.15, 0.2) is 0 Å². The van der Waals surface area contributed by atoms with Crippen LogP contribution in [-0.2, 0) is 4.79 Å². The zero-order chi connectivity index (χ0) is 15.2. The minimum atomic E-state index is -1.03. The number of carbonyl (C=O) groups excluding carboxylic acids is 1. The summed E-state index contributed by atoms with van der Waals surface area (Å²) < 4.78 is 0. The van der Waals surface area contributed by atoms with Crippen molar-refractivity contribution in [3.8, 4) is 11.3 Å². The first-order valence-corrected chi connectivity index (χ1v) is 6.73. The molecule has 0 unspecified atom stereocenters. The van der Waals surface area contributed by atoms with E-state index in [0.717, 1.165) is 5.56 Å². The molecule has 2 N–H and O–H groups in total. The third-order valence-electron chi connectivity index (χ3n) is 2.98. The highest BCUT2D eigenvalue weighted by atomic mass is 16.4. The molecule has 0 aliphatic heterocycles. The number of carbonyl (C=O) groups is 2. The summed E-state index contributed by atoms with van der Waals surface area (Å²) in [6, 6.07) is 11.1. The van der Waals surface area contributed by atoms with Gasteiger partial charge in [-0.2, -0.15) is 5.10 Å². The average Bonchev–Trinajstić information content (AvgIpc) is 2.96. The highest BCUT2D eigenvalue weighted by Gasteiger charge is 2.20. The van der Waals surface area contributed by atoms with Crippen LogP contribution in [0.25, 0.3) is 11.3 Å². The number of carboxylic acid groups (broad SMARTS) is 1. The van der Waals surface area contributed by atoms with Gasteiger partial charge in [0.05, 0.1) is 5.69 Å². The summed E-state index contributed by atoms with van der Waals surface area (Å²) in [5, 5.41) is 15.7. The summed E-state index contributed by atoms with van der Waals surface area (Å²) in [6.45, 7) is 1.97. The summed E-state index contributed by atoms with van der Waals surface area (Å²) >= 11 is 0. The fraction of sp³-hybridized carbons (Fsp3) is 0.267. The molecule has 1 amide bonds. The fourth-order valence-electron chi connectivity index (χ4n) is 2.04. The topological polar surface area (TPSA) is 86.3 Å². The molecule has 1 heterocycles. The van der Waals surface area contributed by atoms with Crippen molar-refractivity contribution in [1.29, 1.82) is 0 Å². The van der Waals surface area contributed by atoms with Crippen LogP contribution in [0.3, 0.4) is 0 Å². The van der Waals surface area contributed by atoms with E-state index in [9.17, 15) is 9.59 Å². The SMILES string of the molecule is CCCN(CC(=O)O)C(=O)c1cc(-c2ccccc2)n[nH]1. The van der Waals surface area contributed by atoms with Crippen LogP contribution in [0.5, 0.6) is 0 Å². The van der Waals surface area contributed by atoms with Gasteiger partial charge in [0.1, 0.15) is 12.2 Å². The van der Waals surface area contributed by atoms with E-state index in [1.165, 1.54) is 4.90 Å². The molecule has 0 aliphatic carbocycles. The average molecular weight is 287 g/mol. The molecule has 1 aromatic carbocycles. The zero-order valence-electron chi connectivity index (χ0n) is 11.7. The van der Waals surface area contributed by atoms with Gasteiger partial charge in [0.25, 0.3) is 5.91 Å². The van der Waals surface area contributed by atoms with Gasteiger partial charge in [-0.3, -0.25) is 14.7 Å². The van der Waals surface area contributed by atoms with E-state index in [2.05, 4.69) is 10.2 Å². The predicted octanol–water partition coefficient (Wildman–Crippen LogP) is 2.01. The maximum absolute atomic E-state index is 12.3. The summed E-state index contributed by atoms with van der Waals surface area (Å²) in [6.07, 6.45) is 0.693. The highest BCUT2D eigenvalue weighted by molar-refractivity contribution is 5.95. The van der Waals surface area contributed by atoms with Gasteiger partial charge in [-0.1, -0.05) is 37.3 Å². The second-order valence-corrected chi connectivity index (χ2v) is 4.65. The quantitative estimate of drug-likeness (QED) is 0.851. The molecule has 0 spiro atoms. The Morgan fingerprint density at radius 3 is 2.62 bits per heavy atom. The Balaban J connectivity index is 2.19. The second kappa shape index (κ2) is 6.69. The monoisotopic (exact) mass is 287 g/mol. The first kappa shape index (κ1) is 14.8. The molecule has 6 heteroatoms. The van der Waals surface area contributed by atoms with Gasteiger partial charge in [0, 0.05) is 12.1 Å². The van der Waals surface area contributed by atoms with Crippen LogP contribution in [0.1, 0.15) is 23.8 Å². The number of nitrogens with zero attached hydrogens (tertiary/aromatic N) is 2. The van der Waals surface area contributed by atoms with E-state index < -0.39 is 5.97 Å². The predicted molar refractivity (Wildman–Crippen MR) is 77.9 cm³/mol. The summed E-state index contributed by atoms with van der Waals surface area (Å²) in [5.41, 5.74) is 1.85. The van der Waals surface area contributed by atoms with Crippen molar-refractivity contribution in [2.75, 3.05) is 13.1 Å². The van der Waals surface area contributed by atoms with Crippen LogP contribution in [0.2, 0.25) is 0 Å². The Morgan fingerprint density at radius 1 is 1.29 bits per heavy atom. The number of H-pyrrole nitrogens is 1. The normalized spacial score (nSPS) is 10.3. The molecule has 1 aromatic heterocycles. The van der Waals surface area contributed by atoms with Crippen LogP contribution >= 0.6 is 0 Å². The smallest absolute Gasteiger partial charge is 0.323 e. The Labute approximate surface area is 122 Å². The largest absolute Gasteiger partial charge is 0.480 e. The van der Waals surface area contributed by atoms with Gasteiger partial charge in [-0.15, -0.1) is 0 Å². The van der Waals surface area contributed by atoms with Crippen LogP contribution in [-0.4, -0.2) is 45.2 Å². The second-order valence-electron chi connectivity index (χ2n) is 4.65. The van der Waals surface area contributed by atoms with E-state index in [1.807, 2.05) is 37.3 Å². The Hall–Kier alpha value is -2.63. The van der Waals surface area contributed by atoms with Crippen molar-refractivity contribution in [1.82, 2.24) is 15.1 Å². The minimum Gasteiger partial charge on any atom is -0.480 e.